The van der Waals surface area contributed by atoms with Crippen LogP contribution in [0.1, 0.15) is 0 Å². The van der Waals surface area contributed by atoms with E-state index in [4.69, 9.17) is 4.84 Å². The summed E-state index contributed by atoms with van der Waals surface area (Å²) in [6, 6.07) is 0. The Morgan fingerprint density at radius 2 is 2.23 bits per heavy atom. The van der Waals surface area contributed by atoms with Crippen LogP contribution in [0.2, 0.25) is 0 Å². The first-order valence-electron chi connectivity index (χ1n) is 3.46. The Labute approximate surface area is 70.9 Å². The van der Waals surface area contributed by atoms with E-state index in [1.165, 1.54) is 18.2 Å². The first-order chi connectivity index (χ1) is 6.22. The largest absolute Gasteiger partial charge is 0.414 e. The minimum Gasteiger partial charge on any atom is -0.414 e. The van der Waals surface area contributed by atoms with Gasteiger partial charge in [0, 0.05) is 0 Å². The molecule has 13 heavy (non-hydrogen) atoms. The van der Waals surface area contributed by atoms with Crippen molar-refractivity contribution >= 4 is 11.2 Å². The zero-order valence-corrected chi connectivity index (χ0v) is 6.70. The number of aromatic nitrogens is 4. The quantitative estimate of drug-likeness (QED) is 0.559. The summed E-state index contributed by atoms with van der Waals surface area (Å²) in [6.07, 6.45) is 1.30. The maximum Gasteiger partial charge on any atom is 0.327 e. The van der Waals surface area contributed by atoms with Crippen LogP contribution in [0.15, 0.2) is 15.9 Å². The highest BCUT2D eigenvalue weighted by Crippen LogP contribution is 1.98. The number of rotatable bonds is 1. The molecule has 0 aromatic carbocycles. The molecule has 7 nitrogen and oxygen atoms in total. The zero-order valence-electron chi connectivity index (χ0n) is 6.70. The number of nitrogens with zero attached hydrogens (tertiary/aromatic N) is 2. The van der Waals surface area contributed by atoms with Crippen LogP contribution in [0.5, 0.6) is 0 Å². The Kier molecular flexibility index (Phi) is 1.44. The molecule has 0 unspecified atom stereocenters. The molecule has 0 aliphatic carbocycles. The van der Waals surface area contributed by atoms with Crippen LogP contribution < -0.4 is 16.1 Å². The molecular formula is C6H6N4O3. The first kappa shape index (κ1) is 7.59. The van der Waals surface area contributed by atoms with Gasteiger partial charge in [-0.25, -0.2) is 9.78 Å². The van der Waals surface area contributed by atoms with Gasteiger partial charge >= 0.3 is 5.69 Å². The van der Waals surface area contributed by atoms with E-state index >= 15 is 0 Å². The van der Waals surface area contributed by atoms with Crippen molar-refractivity contribution in [2.45, 2.75) is 0 Å². The van der Waals surface area contributed by atoms with Crippen LogP contribution in [0.4, 0.5) is 0 Å². The van der Waals surface area contributed by atoms with Gasteiger partial charge in [0.15, 0.2) is 11.2 Å². The van der Waals surface area contributed by atoms with Gasteiger partial charge in [-0.1, -0.05) is 0 Å². The highest BCUT2D eigenvalue weighted by atomic mass is 16.6. The van der Waals surface area contributed by atoms with Gasteiger partial charge < -0.3 is 4.84 Å². The second-order valence-corrected chi connectivity index (χ2v) is 2.36. The number of imidazole rings is 1. The number of fused-ring (bicyclic) bond motifs is 1. The lowest BCUT2D eigenvalue weighted by Crippen LogP contribution is -2.23. The molecule has 0 radical (unpaired) electrons. The van der Waals surface area contributed by atoms with Crippen molar-refractivity contribution in [2.24, 2.45) is 0 Å². The van der Waals surface area contributed by atoms with E-state index in [-0.39, 0.29) is 11.2 Å². The van der Waals surface area contributed by atoms with Crippen molar-refractivity contribution in [1.29, 1.82) is 0 Å². The van der Waals surface area contributed by atoms with E-state index in [0.717, 1.165) is 0 Å². The predicted octanol–water partition coefficient (Wildman–Crippen LogP) is -1.53. The zero-order chi connectivity index (χ0) is 9.42. The minimum absolute atomic E-state index is 0.140. The summed E-state index contributed by atoms with van der Waals surface area (Å²) in [6.45, 7) is 0. The molecule has 0 amide bonds. The van der Waals surface area contributed by atoms with E-state index in [9.17, 15) is 9.59 Å². The van der Waals surface area contributed by atoms with Crippen molar-refractivity contribution in [3.05, 3.63) is 27.2 Å². The molecule has 0 saturated heterocycles. The number of hydrogen-bond donors (Lipinski definition) is 2. The fraction of sp³-hybridized carbons (Fsp3) is 0.167. The lowest BCUT2D eigenvalue weighted by Gasteiger charge is -1.97. The maximum absolute atomic E-state index is 11.1. The van der Waals surface area contributed by atoms with Gasteiger partial charge in [0.1, 0.15) is 13.4 Å². The van der Waals surface area contributed by atoms with Crippen molar-refractivity contribution in [3.8, 4) is 0 Å². The topological polar surface area (TPSA) is 92.8 Å². The van der Waals surface area contributed by atoms with Crippen LogP contribution >= 0.6 is 0 Å². The average molecular weight is 182 g/mol. The summed E-state index contributed by atoms with van der Waals surface area (Å²) in [4.78, 5) is 35.0. The van der Waals surface area contributed by atoms with Gasteiger partial charge in [-0.15, -0.1) is 0 Å². The third-order valence-corrected chi connectivity index (χ3v) is 1.61. The Morgan fingerprint density at radius 3 is 2.92 bits per heavy atom. The molecular weight excluding hydrogens is 176 g/mol. The molecule has 0 spiro atoms. The third-order valence-electron chi connectivity index (χ3n) is 1.61. The third kappa shape index (κ3) is 1.01. The smallest absolute Gasteiger partial charge is 0.327 e. The normalized spacial score (nSPS) is 10.5. The lowest BCUT2D eigenvalue weighted by molar-refractivity contribution is 0.175. The second kappa shape index (κ2) is 2.47. The van der Waals surface area contributed by atoms with Gasteiger partial charge in [0.25, 0.3) is 5.56 Å². The summed E-state index contributed by atoms with van der Waals surface area (Å²) in [5, 5.41) is 0. The monoisotopic (exact) mass is 182 g/mol. The van der Waals surface area contributed by atoms with Gasteiger partial charge in [-0.3, -0.25) is 14.8 Å². The Bertz CT molecular complexity index is 549. The van der Waals surface area contributed by atoms with Crippen LogP contribution in [-0.4, -0.2) is 26.8 Å². The van der Waals surface area contributed by atoms with E-state index < -0.39 is 11.2 Å². The molecule has 0 fully saturated rings. The maximum atomic E-state index is 11.1. The highest BCUT2D eigenvalue weighted by Gasteiger charge is 2.06. The fourth-order valence-electron chi connectivity index (χ4n) is 1.05. The van der Waals surface area contributed by atoms with Crippen molar-refractivity contribution in [2.75, 3.05) is 7.11 Å². The van der Waals surface area contributed by atoms with Gasteiger partial charge in [-0.05, 0) is 0 Å². The van der Waals surface area contributed by atoms with Crippen LogP contribution in [-0.2, 0) is 0 Å². The number of H-pyrrole nitrogens is 2. The van der Waals surface area contributed by atoms with E-state index in [1.807, 2.05) is 0 Å². The lowest BCUT2D eigenvalue weighted by atomic mass is 10.5. The molecule has 0 atom stereocenters. The molecule has 68 valence electrons. The predicted molar refractivity (Wildman–Crippen MR) is 43.5 cm³/mol. The van der Waals surface area contributed by atoms with Crippen LogP contribution in [0.3, 0.4) is 0 Å². The summed E-state index contributed by atoms with van der Waals surface area (Å²) in [5.41, 5.74) is -0.733. The summed E-state index contributed by atoms with van der Waals surface area (Å²) in [7, 11) is 1.40. The summed E-state index contributed by atoms with van der Waals surface area (Å²) in [5.74, 6) is 0. The highest BCUT2D eigenvalue weighted by molar-refractivity contribution is 5.68. The Morgan fingerprint density at radius 1 is 1.46 bits per heavy atom. The Balaban J connectivity index is 2.98. The van der Waals surface area contributed by atoms with Crippen molar-refractivity contribution < 1.29 is 4.84 Å². The second-order valence-electron chi connectivity index (χ2n) is 2.36. The van der Waals surface area contributed by atoms with E-state index in [2.05, 4.69) is 15.0 Å². The molecule has 2 rings (SSSR count). The minimum atomic E-state index is -0.587. The molecule has 0 saturated carbocycles. The average Bonchev–Trinajstić information content (AvgIpc) is 2.47. The molecule has 0 aliphatic heterocycles. The van der Waals surface area contributed by atoms with Gasteiger partial charge in [-0.2, -0.15) is 4.73 Å². The standard InChI is InChI=1S/C6H6N4O3/c1-13-10-2-7-3-4(10)8-6(12)9-5(3)11/h2H,1H3,(H2,8,9,11,12). The van der Waals surface area contributed by atoms with Crippen molar-refractivity contribution in [1.82, 2.24) is 19.7 Å². The molecule has 2 N–H and O–H groups in total. The van der Waals surface area contributed by atoms with Gasteiger partial charge in [0.2, 0.25) is 0 Å². The number of nitrogens with one attached hydrogen (secondary N) is 2. The molecule has 0 aliphatic rings. The SMILES string of the molecule is COn1cnc2c(=O)[nH]c(=O)[nH]c21. The molecule has 2 heterocycles. The summed E-state index contributed by atoms with van der Waals surface area (Å²) >= 11 is 0. The summed E-state index contributed by atoms with van der Waals surface area (Å²) < 4.78 is 1.20. The Hall–Kier alpha value is -2.05. The molecule has 2 aromatic heterocycles. The first-order valence-corrected chi connectivity index (χ1v) is 3.46. The number of hydrogen-bond acceptors (Lipinski definition) is 4. The van der Waals surface area contributed by atoms with Crippen LogP contribution in [0.25, 0.3) is 11.2 Å². The van der Waals surface area contributed by atoms with E-state index in [0.29, 0.717) is 0 Å². The fourth-order valence-corrected chi connectivity index (χ4v) is 1.05. The molecule has 0 bridgehead atoms. The molecule has 2 aromatic rings. The van der Waals surface area contributed by atoms with E-state index in [1.54, 1.807) is 0 Å². The van der Waals surface area contributed by atoms with Crippen molar-refractivity contribution in [3.63, 3.8) is 0 Å². The number of aromatic amines is 2. The molecule has 7 heteroatoms. The van der Waals surface area contributed by atoms with Crippen LogP contribution in [0, 0.1) is 0 Å². The van der Waals surface area contributed by atoms with Gasteiger partial charge in [0.05, 0.1) is 0 Å².